The molecule has 1 aliphatic heterocycles. The van der Waals surface area contributed by atoms with Crippen LogP contribution in [0.3, 0.4) is 0 Å². The van der Waals surface area contributed by atoms with Crippen LogP contribution in [0.5, 0.6) is 0 Å². The molecule has 174 valence electrons. The molecule has 0 radical (unpaired) electrons. The molecule has 0 saturated heterocycles. The Kier molecular flexibility index (Phi) is 6.92. The zero-order chi connectivity index (χ0) is 24.3. The molecule has 0 fully saturated rings. The smallest absolute Gasteiger partial charge is 0.416 e. The minimum absolute atomic E-state index is 0.212. The van der Waals surface area contributed by atoms with Crippen LogP contribution < -0.4 is 16.0 Å². The molecule has 3 rings (SSSR count). The molecule has 3 N–H and O–H groups in total. The van der Waals surface area contributed by atoms with Crippen molar-refractivity contribution in [1.82, 2.24) is 10.2 Å². The topological polar surface area (TPSA) is 82.7 Å². The van der Waals surface area contributed by atoms with Gasteiger partial charge >= 0.3 is 18.2 Å². The number of rotatable bonds is 4. The van der Waals surface area contributed by atoms with Gasteiger partial charge in [0, 0.05) is 24.1 Å². The van der Waals surface area contributed by atoms with E-state index in [1.54, 1.807) is 43.1 Å². The number of alkyl halides is 3. The lowest BCUT2D eigenvalue weighted by Gasteiger charge is -2.35. The minimum Gasteiger partial charge on any atom is -0.466 e. The van der Waals surface area contributed by atoms with Crippen LogP contribution in [-0.2, 0) is 15.7 Å². The lowest BCUT2D eigenvalue weighted by molar-refractivity contribution is -0.138. The number of hydrogen-bond donors (Lipinski definition) is 3. The SMILES string of the molecule is COC(=O)C1=C(C)N(C)C(=S)N[C@@H]1c1ccc(NC(=O)Nc2ccc(C(F)(F)F)cc2)cc1. The molecule has 0 spiro atoms. The van der Waals surface area contributed by atoms with Crippen molar-refractivity contribution in [2.75, 3.05) is 24.8 Å². The van der Waals surface area contributed by atoms with E-state index in [2.05, 4.69) is 16.0 Å². The standard InChI is InChI=1S/C22H21F3N4O3S/c1-12-17(19(30)32-3)18(28-21(33)29(12)2)13-4-8-15(9-5-13)26-20(31)27-16-10-6-14(7-11-16)22(23,24)25/h4-11,18H,1-3H3,(H,28,33)(H2,26,27,31)/t18-/m1/s1. The van der Waals surface area contributed by atoms with Gasteiger partial charge in [0.15, 0.2) is 5.11 Å². The monoisotopic (exact) mass is 478 g/mol. The highest BCUT2D eigenvalue weighted by Crippen LogP contribution is 2.32. The highest BCUT2D eigenvalue weighted by atomic mass is 32.1. The van der Waals surface area contributed by atoms with E-state index < -0.39 is 29.8 Å². The van der Waals surface area contributed by atoms with E-state index in [1.165, 1.54) is 19.2 Å². The summed E-state index contributed by atoms with van der Waals surface area (Å²) in [7, 11) is 3.04. The van der Waals surface area contributed by atoms with Gasteiger partial charge in [0.25, 0.3) is 0 Å². The van der Waals surface area contributed by atoms with Crippen molar-refractivity contribution in [2.45, 2.75) is 19.1 Å². The van der Waals surface area contributed by atoms with Crippen LogP contribution in [0.4, 0.5) is 29.3 Å². The third-order valence-electron chi connectivity index (χ3n) is 5.13. The summed E-state index contributed by atoms with van der Waals surface area (Å²) in [5, 5.41) is 8.63. The average Bonchev–Trinajstić information content (AvgIpc) is 2.77. The third kappa shape index (κ3) is 5.43. The van der Waals surface area contributed by atoms with Crippen LogP contribution in [0.15, 0.2) is 59.8 Å². The van der Waals surface area contributed by atoms with Gasteiger partial charge in [0.2, 0.25) is 0 Å². The van der Waals surface area contributed by atoms with Gasteiger partial charge in [0.1, 0.15) is 0 Å². The fraction of sp³-hybridized carbons (Fsp3) is 0.227. The molecule has 1 aliphatic rings. The van der Waals surface area contributed by atoms with Gasteiger partial charge in [-0.25, -0.2) is 9.59 Å². The fourth-order valence-electron chi connectivity index (χ4n) is 3.25. The number of methoxy groups -OCH3 is 1. The molecule has 33 heavy (non-hydrogen) atoms. The molecule has 0 unspecified atom stereocenters. The van der Waals surface area contributed by atoms with Crippen molar-refractivity contribution in [2.24, 2.45) is 0 Å². The number of halogens is 3. The number of esters is 1. The molecule has 0 aromatic heterocycles. The summed E-state index contributed by atoms with van der Waals surface area (Å²) >= 11 is 5.33. The maximum atomic E-state index is 12.6. The van der Waals surface area contributed by atoms with Crippen LogP contribution in [0, 0.1) is 0 Å². The molecule has 1 heterocycles. The summed E-state index contributed by atoms with van der Waals surface area (Å²) < 4.78 is 42.9. The molecule has 0 bridgehead atoms. The van der Waals surface area contributed by atoms with E-state index >= 15 is 0 Å². The van der Waals surface area contributed by atoms with E-state index in [1.807, 2.05) is 0 Å². The minimum atomic E-state index is -4.45. The molecule has 1 atom stereocenters. The Morgan fingerprint density at radius 2 is 1.55 bits per heavy atom. The first kappa shape index (κ1) is 24.1. The number of hydrogen-bond acceptors (Lipinski definition) is 4. The summed E-state index contributed by atoms with van der Waals surface area (Å²) in [6, 6.07) is 9.67. The first-order valence-corrected chi connectivity index (χ1v) is 10.1. The number of amides is 2. The van der Waals surface area contributed by atoms with Crippen molar-refractivity contribution >= 4 is 40.7 Å². The van der Waals surface area contributed by atoms with Crippen LogP contribution in [0.2, 0.25) is 0 Å². The normalized spacial score (nSPS) is 16.2. The summed E-state index contributed by atoms with van der Waals surface area (Å²) in [5.41, 5.74) is 1.65. The number of carbonyl (C=O) groups is 2. The number of benzene rings is 2. The van der Waals surface area contributed by atoms with Crippen molar-refractivity contribution in [1.29, 1.82) is 0 Å². The van der Waals surface area contributed by atoms with Crippen LogP contribution in [0.1, 0.15) is 24.1 Å². The number of ether oxygens (including phenoxy) is 1. The Balaban J connectivity index is 1.71. The Labute approximate surface area is 193 Å². The van der Waals surface area contributed by atoms with E-state index in [0.29, 0.717) is 22.1 Å². The molecule has 11 heteroatoms. The van der Waals surface area contributed by atoms with Crippen LogP contribution in [-0.4, -0.2) is 36.2 Å². The molecule has 2 aromatic carbocycles. The third-order valence-corrected chi connectivity index (χ3v) is 5.52. The van der Waals surface area contributed by atoms with E-state index in [0.717, 1.165) is 17.7 Å². The van der Waals surface area contributed by atoms with Gasteiger partial charge in [-0.15, -0.1) is 0 Å². The maximum absolute atomic E-state index is 12.6. The largest absolute Gasteiger partial charge is 0.466 e. The molecule has 2 amide bonds. The molecular weight excluding hydrogens is 457 g/mol. The van der Waals surface area contributed by atoms with Crippen molar-refractivity contribution < 1.29 is 27.5 Å². The Morgan fingerprint density at radius 3 is 2.03 bits per heavy atom. The number of urea groups is 1. The quantitative estimate of drug-likeness (QED) is 0.438. The number of anilines is 2. The van der Waals surface area contributed by atoms with Gasteiger partial charge in [-0.05, 0) is 61.1 Å². The average molecular weight is 478 g/mol. The number of carbonyl (C=O) groups excluding carboxylic acids is 2. The number of nitrogens with one attached hydrogen (secondary N) is 3. The van der Waals surface area contributed by atoms with Gasteiger partial charge in [-0.2, -0.15) is 13.2 Å². The zero-order valence-electron chi connectivity index (χ0n) is 17.9. The summed E-state index contributed by atoms with van der Waals surface area (Å²) in [5.74, 6) is -0.488. The Hall–Kier alpha value is -3.60. The Morgan fingerprint density at radius 1 is 1.03 bits per heavy atom. The highest BCUT2D eigenvalue weighted by Gasteiger charge is 2.33. The molecule has 0 saturated carbocycles. The summed E-state index contributed by atoms with van der Waals surface area (Å²) in [6.07, 6.45) is -4.45. The predicted octanol–water partition coefficient (Wildman–Crippen LogP) is 4.66. The van der Waals surface area contributed by atoms with Gasteiger partial charge < -0.3 is 25.6 Å². The van der Waals surface area contributed by atoms with Gasteiger partial charge in [-0.1, -0.05) is 12.1 Å². The second-order valence-corrected chi connectivity index (χ2v) is 7.60. The molecular formula is C22H21F3N4O3S. The van der Waals surface area contributed by atoms with Gasteiger partial charge in [-0.3, -0.25) is 0 Å². The molecule has 0 aliphatic carbocycles. The Bertz CT molecular complexity index is 1100. The van der Waals surface area contributed by atoms with Gasteiger partial charge in [0.05, 0.1) is 24.3 Å². The number of thiocarbonyl (C=S) groups is 1. The molecule has 7 nitrogen and oxygen atoms in total. The maximum Gasteiger partial charge on any atom is 0.416 e. The van der Waals surface area contributed by atoms with Crippen molar-refractivity contribution in [3.8, 4) is 0 Å². The summed E-state index contributed by atoms with van der Waals surface area (Å²) in [4.78, 5) is 26.2. The predicted molar refractivity (Wildman–Crippen MR) is 121 cm³/mol. The van der Waals surface area contributed by atoms with Crippen LogP contribution in [0.25, 0.3) is 0 Å². The molecule has 2 aromatic rings. The number of nitrogens with zero attached hydrogens (tertiary/aromatic N) is 1. The highest BCUT2D eigenvalue weighted by molar-refractivity contribution is 7.80. The van der Waals surface area contributed by atoms with E-state index in [-0.39, 0.29) is 5.69 Å². The van der Waals surface area contributed by atoms with Crippen LogP contribution >= 0.6 is 12.2 Å². The van der Waals surface area contributed by atoms with E-state index in [9.17, 15) is 22.8 Å². The first-order valence-electron chi connectivity index (χ1n) is 9.69. The van der Waals surface area contributed by atoms with Crippen molar-refractivity contribution in [3.05, 3.63) is 70.9 Å². The zero-order valence-corrected chi connectivity index (χ0v) is 18.7. The summed E-state index contributed by atoms with van der Waals surface area (Å²) in [6.45, 7) is 1.77. The second-order valence-electron chi connectivity index (χ2n) is 7.21. The van der Waals surface area contributed by atoms with E-state index in [4.69, 9.17) is 17.0 Å². The lowest BCUT2D eigenvalue weighted by atomic mass is 9.95. The van der Waals surface area contributed by atoms with Crippen molar-refractivity contribution in [3.63, 3.8) is 0 Å². The number of allylic oxidation sites excluding steroid dienone is 1. The second kappa shape index (κ2) is 9.49. The fourth-order valence-corrected chi connectivity index (χ4v) is 3.51. The lowest BCUT2D eigenvalue weighted by Crippen LogP contribution is -2.46. The first-order chi connectivity index (χ1) is 15.5.